The van der Waals surface area contributed by atoms with Crippen molar-refractivity contribution in [2.75, 3.05) is 0 Å². The van der Waals surface area contributed by atoms with E-state index in [1.54, 1.807) is 6.07 Å². The Bertz CT molecular complexity index is 302. The van der Waals surface area contributed by atoms with Gasteiger partial charge in [0, 0.05) is 11.6 Å². The van der Waals surface area contributed by atoms with Gasteiger partial charge in [-0.3, -0.25) is 4.79 Å². The van der Waals surface area contributed by atoms with E-state index in [1.807, 2.05) is 20.8 Å². The van der Waals surface area contributed by atoms with Crippen molar-refractivity contribution < 1.29 is 9.21 Å². The Labute approximate surface area is 83.5 Å². The second-order valence-corrected chi connectivity index (χ2v) is 3.98. The van der Waals surface area contributed by atoms with Crippen LogP contribution in [0.5, 0.6) is 0 Å². The molecule has 1 rings (SSSR count). The Hall–Kier alpha value is -1.29. The number of rotatable bonds is 3. The third-order valence-corrected chi connectivity index (χ3v) is 2.36. The van der Waals surface area contributed by atoms with E-state index in [0.29, 0.717) is 5.56 Å². The Balaban J connectivity index is 2.66. The number of carbonyl (C=O) groups is 1. The SMILES string of the molecule is CC(N)C(C)(C)NC(=O)c1ccoc1. The molecule has 1 aromatic rings. The minimum absolute atomic E-state index is 0.113. The molecule has 0 aliphatic rings. The Morgan fingerprint density at radius 3 is 2.71 bits per heavy atom. The summed E-state index contributed by atoms with van der Waals surface area (Å²) in [5.74, 6) is -0.166. The van der Waals surface area contributed by atoms with E-state index in [2.05, 4.69) is 5.32 Å². The molecule has 1 heterocycles. The summed E-state index contributed by atoms with van der Waals surface area (Å²) in [7, 11) is 0. The van der Waals surface area contributed by atoms with Gasteiger partial charge in [0.05, 0.1) is 11.8 Å². The minimum atomic E-state index is -0.422. The molecule has 4 heteroatoms. The number of hydrogen-bond acceptors (Lipinski definition) is 3. The summed E-state index contributed by atoms with van der Waals surface area (Å²) in [6.07, 6.45) is 2.88. The van der Waals surface area contributed by atoms with Crippen molar-refractivity contribution in [3.05, 3.63) is 24.2 Å². The van der Waals surface area contributed by atoms with Crippen LogP contribution < -0.4 is 11.1 Å². The third kappa shape index (κ3) is 2.35. The zero-order valence-electron chi connectivity index (χ0n) is 8.70. The van der Waals surface area contributed by atoms with E-state index in [-0.39, 0.29) is 11.9 Å². The van der Waals surface area contributed by atoms with E-state index in [1.165, 1.54) is 12.5 Å². The van der Waals surface area contributed by atoms with Gasteiger partial charge in [-0.15, -0.1) is 0 Å². The zero-order chi connectivity index (χ0) is 10.8. The molecule has 0 spiro atoms. The third-order valence-electron chi connectivity index (χ3n) is 2.36. The highest BCUT2D eigenvalue weighted by Crippen LogP contribution is 2.09. The van der Waals surface area contributed by atoms with E-state index in [9.17, 15) is 4.79 Å². The van der Waals surface area contributed by atoms with Crippen molar-refractivity contribution >= 4 is 5.91 Å². The summed E-state index contributed by atoms with van der Waals surface area (Å²) in [6, 6.07) is 1.51. The maximum Gasteiger partial charge on any atom is 0.254 e. The second kappa shape index (κ2) is 3.84. The molecule has 1 atom stereocenters. The van der Waals surface area contributed by atoms with Gasteiger partial charge in [0.2, 0.25) is 0 Å². The summed E-state index contributed by atoms with van der Waals surface area (Å²) in [6.45, 7) is 5.63. The molecule has 4 nitrogen and oxygen atoms in total. The summed E-state index contributed by atoms with van der Waals surface area (Å²) >= 11 is 0. The van der Waals surface area contributed by atoms with E-state index in [0.717, 1.165) is 0 Å². The average Bonchev–Trinajstić information content (AvgIpc) is 2.54. The highest BCUT2D eigenvalue weighted by molar-refractivity contribution is 5.94. The molecule has 1 aromatic heterocycles. The predicted octanol–water partition coefficient (Wildman–Crippen LogP) is 1.14. The number of carbonyl (C=O) groups excluding carboxylic acids is 1. The van der Waals surface area contributed by atoms with E-state index in [4.69, 9.17) is 10.2 Å². The molecule has 78 valence electrons. The van der Waals surface area contributed by atoms with Crippen molar-refractivity contribution in [1.82, 2.24) is 5.32 Å². The first-order valence-corrected chi connectivity index (χ1v) is 4.54. The molecule has 0 aliphatic carbocycles. The largest absolute Gasteiger partial charge is 0.472 e. The van der Waals surface area contributed by atoms with Crippen molar-refractivity contribution in [1.29, 1.82) is 0 Å². The van der Waals surface area contributed by atoms with Crippen molar-refractivity contribution in [2.24, 2.45) is 5.73 Å². The lowest BCUT2D eigenvalue weighted by atomic mass is 9.96. The van der Waals surface area contributed by atoms with Crippen LogP contribution in [0.3, 0.4) is 0 Å². The van der Waals surface area contributed by atoms with Crippen molar-refractivity contribution in [3.8, 4) is 0 Å². The molecule has 0 fully saturated rings. The van der Waals surface area contributed by atoms with Crippen molar-refractivity contribution in [2.45, 2.75) is 32.4 Å². The molecule has 0 saturated carbocycles. The molecular weight excluding hydrogens is 180 g/mol. The molecule has 1 amide bonds. The van der Waals surface area contributed by atoms with Crippen LogP contribution in [0.2, 0.25) is 0 Å². The Morgan fingerprint density at radius 1 is 1.64 bits per heavy atom. The molecule has 14 heavy (non-hydrogen) atoms. The lowest BCUT2D eigenvalue weighted by molar-refractivity contribution is 0.0903. The van der Waals surface area contributed by atoms with Crippen LogP contribution >= 0.6 is 0 Å². The summed E-state index contributed by atoms with van der Waals surface area (Å²) in [4.78, 5) is 11.6. The van der Waals surface area contributed by atoms with Gasteiger partial charge < -0.3 is 15.5 Å². The topological polar surface area (TPSA) is 68.3 Å². The minimum Gasteiger partial charge on any atom is -0.472 e. The van der Waals surface area contributed by atoms with Gasteiger partial charge in [-0.05, 0) is 26.8 Å². The van der Waals surface area contributed by atoms with Crippen LogP contribution in [0.4, 0.5) is 0 Å². The molecule has 0 saturated heterocycles. The average molecular weight is 196 g/mol. The Morgan fingerprint density at radius 2 is 2.29 bits per heavy atom. The second-order valence-electron chi connectivity index (χ2n) is 3.98. The number of nitrogens with one attached hydrogen (secondary N) is 1. The molecule has 0 bridgehead atoms. The molecule has 0 radical (unpaired) electrons. The first-order chi connectivity index (χ1) is 6.43. The number of nitrogens with two attached hydrogens (primary N) is 1. The fraction of sp³-hybridized carbons (Fsp3) is 0.500. The van der Waals surface area contributed by atoms with E-state index < -0.39 is 5.54 Å². The maximum atomic E-state index is 11.6. The summed E-state index contributed by atoms with van der Waals surface area (Å²) < 4.78 is 4.82. The van der Waals surface area contributed by atoms with E-state index >= 15 is 0 Å². The predicted molar refractivity (Wildman–Crippen MR) is 53.9 cm³/mol. The molecule has 3 N–H and O–H groups in total. The van der Waals surface area contributed by atoms with Gasteiger partial charge in [0.15, 0.2) is 0 Å². The van der Waals surface area contributed by atoms with Crippen LogP contribution in [-0.2, 0) is 0 Å². The zero-order valence-corrected chi connectivity index (χ0v) is 8.70. The van der Waals surface area contributed by atoms with Crippen LogP contribution in [0.25, 0.3) is 0 Å². The monoisotopic (exact) mass is 196 g/mol. The highest BCUT2D eigenvalue weighted by Gasteiger charge is 2.25. The normalized spacial score (nSPS) is 13.7. The van der Waals surface area contributed by atoms with Crippen molar-refractivity contribution in [3.63, 3.8) is 0 Å². The highest BCUT2D eigenvalue weighted by atomic mass is 16.3. The maximum absolute atomic E-state index is 11.6. The summed E-state index contributed by atoms with van der Waals surface area (Å²) in [5, 5.41) is 2.83. The van der Waals surface area contributed by atoms with Gasteiger partial charge in [-0.25, -0.2) is 0 Å². The Kier molecular flexibility index (Phi) is 2.96. The standard InChI is InChI=1S/C10H16N2O2/c1-7(11)10(2,3)12-9(13)8-4-5-14-6-8/h4-7H,11H2,1-3H3,(H,12,13). The van der Waals surface area contributed by atoms with Gasteiger partial charge in [0.25, 0.3) is 5.91 Å². The first kappa shape index (κ1) is 10.8. The van der Waals surface area contributed by atoms with Crippen LogP contribution in [0, 0.1) is 0 Å². The van der Waals surface area contributed by atoms with Gasteiger partial charge in [-0.2, -0.15) is 0 Å². The molecule has 0 aliphatic heterocycles. The number of amides is 1. The summed E-state index contributed by atoms with van der Waals surface area (Å²) in [5.41, 5.74) is 5.82. The van der Waals surface area contributed by atoms with Gasteiger partial charge >= 0.3 is 0 Å². The molecule has 0 aromatic carbocycles. The lowest BCUT2D eigenvalue weighted by Gasteiger charge is -2.30. The number of furan rings is 1. The van der Waals surface area contributed by atoms with Crippen LogP contribution in [-0.4, -0.2) is 17.5 Å². The smallest absolute Gasteiger partial charge is 0.254 e. The number of hydrogen-bond donors (Lipinski definition) is 2. The molecular formula is C10H16N2O2. The lowest BCUT2D eigenvalue weighted by Crippen LogP contribution is -2.54. The first-order valence-electron chi connectivity index (χ1n) is 4.54. The van der Waals surface area contributed by atoms with Gasteiger partial charge in [0.1, 0.15) is 6.26 Å². The van der Waals surface area contributed by atoms with Crippen LogP contribution in [0.15, 0.2) is 23.0 Å². The van der Waals surface area contributed by atoms with Gasteiger partial charge in [-0.1, -0.05) is 0 Å². The fourth-order valence-corrected chi connectivity index (χ4v) is 0.872. The quantitative estimate of drug-likeness (QED) is 0.761. The van der Waals surface area contributed by atoms with Crippen LogP contribution in [0.1, 0.15) is 31.1 Å². The fourth-order valence-electron chi connectivity index (χ4n) is 0.872. The molecule has 1 unspecified atom stereocenters.